The smallest absolute Gasteiger partial charge is 0.425 e. The van der Waals surface area contributed by atoms with Crippen molar-refractivity contribution in [2.45, 2.75) is 75.5 Å². The lowest BCUT2D eigenvalue weighted by molar-refractivity contribution is -0.163. The average Bonchev–Trinajstić information content (AvgIpc) is 3.50. The van der Waals surface area contributed by atoms with E-state index in [2.05, 4.69) is 4.98 Å². The molecule has 1 unspecified atom stereocenters. The predicted octanol–water partition coefficient (Wildman–Crippen LogP) is 7.66. The second kappa shape index (κ2) is 13.6. The Morgan fingerprint density at radius 3 is 2.48 bits per heavy atom. The number of carboxylic acid groups (broad SMARTS) is 1. The molecule has 0 radical (unpaired) electrons. The van der Waals surface area contributed by atoms with Crippen molar-refractivity contribution in [3.63, 3.8) is 0 Å². The van der Waals surface area contributed by atoms with Gasteiger partial charge in [0.15, 0.2) is 0 Å². The number of alkyl halides is 6. The number of pyridine rings is 1. The number of carbonyl (C=O) groups excluding carboxylic acids is 2. The highest BCUT2D eigenvalue weighted by Gasteiger charge is 2.57. The van der Waals surface area contributed by atoms with Crippen molar-refractivity contribution in [1.82, 2.24) is 14.8 Å². The molecule has 2 aromatic heterocycles. The van der Waals surface area contributed by atoms with Gasteiger partial charge in [-0.25, -0.2) is 0 Å². The number of carboxylic acids is 1. The summed E-state index contributed by atoms with van der Waals surface area (Å²) in [6.07, 6.45) is -8.65. The Morgan fingerprint density at radius 2 is 1.83 bits per heavy atom. The number of benzene rings is 1. The summed E-state index contributed by atoms with van der Waals surface area (Å²) in [6.45, 7) is 1.61. The Hall–Kier alpha value is -3.85. The van der Waals surface area contributed by atoms with Crippen LogP contribution in [0.4, 0.5) is 26.3 Å². The first-order chi connectivity index (χ1) is 22.6. The summed E-state index contributed by atoms with van der Waals surface area (Å²) in [5, 5.41) is 11.3. The monoisotopic (exact) mass is 717 g/mol. The van der Waals surface area contributed by atoms with Gasteiger partial charge in [-0.2, -0.15) is 26.3 Å². The van der Waals surface area contributed by atoms with Crippen molar-refractivity contribution in [2.24, 2.45) is 0 Å². The number of aromatic nitrogens is 1. The van der Waals surface area contributed by atoms with Crippen molar-refractivity contribution >= 4 is 40.7 Å². The van der Waals surface area contributed by atoms with Crippen LogP contribution in [0.15, 0.2) is 48.0 Å². The molecule has 2 aliphatic heterocycles. The summed E-state index contributed by atoms with van der Waals surface area (Å²) in [5.41, 5.74) is -3.06. The van der Waals surface area contributed by atoms with Crippen molar-refractivity contribution in [3.05, 3.63) is 80.3 Å². The Kier molecular flexibility index (Phi) is 10.0. The zero-order valence-corrected chi connectivity index (χ0v) is 27.0. The number of likely N-dealkylation sites (tertiary alicyclic amines) is 1. The quantitative estimate of drug-likeness (QED) is 0.240. The molecule has 0 spiro atoms. The van der Waals surface area contributed by atoms with Crippen molar-refractivity contribution in [1.29, 1.82) is 0 Å². The minimum atomic E-state index is -4.93. The Morgan fingerprint density at radius 1 is 1.08 bits per heavy atom. The number of ether oxygens (including phenoxy) is 1. The van der Waals surface area contributed by atoms with Crippen molar-refractivity contribution in [2.75, 3.05) is 13.1 Å². The lowest BCUT2D eigenvalue weighted by atomic mass is 9.78. The molecule has 2 aliphatic rings. The fourth-order valence-corrected chi connectivity index (χ4v) is 7.50. The van der Waals surface area contributed by atoms with Gasteiger partial charge >= 0.3 is 18.3 Å². The number of fused-ring (bicyclic) bond motifs is 1. The van der Waals surface area contributed by atoms with Crippen LogP contribution < -0.4 is 4.74 Å². The third-order valence-corrected chi connectivity index (χ3v) is 9.80. The van der Waals surface area contributed by atoms with E-state index in [4.69, 9.17) is 16.3 Å². The van der Waals surface area contributed by atoms with E-state index >= 15 is 0 Å². The zero-order chi connectivity index (χ0) is 35.0. The average molecular weight is 718 g/mol. The Labute approximate surface area is 280 Å². The topological polar surface area (TPSA) is 100 Å². The molecule has 1 saturated heterocycles. The fourth-order valence-electron chi connectivity index (χ4n) is 6.63. The second-order valence-corrected chi connectivity index (χ2v) is 13.0. The molecule has 3 atom stereocenters. The summed E-state index contributed by atoms with van der Waals surface area (Å²) in [6, 6.07) is 5.00. The molecule has 48 heavy (non-hydrogen) atoms. The number of amides is 2. The number of carbonyl (C=O) groups is 3. The Balaban J connectivity index is 1.65. The van der Waals surface area contributed by atoms with Crippen LogP contribution in [0.2, 0.25) is 5.02 Å². The van der Waals surface area contributed by atoms with Gasteiger partial charge in [-0.15, -0.1) is 11.3 Å². The number of aliphatic carboxylic acids is 1. The third kappa shape index (κ3) is 6.98. The van der Waals surface area contributed by atoms with Gasteiger partial charge in [0.25, 0.3) is 11.8 Å². The van der Waals surface area contributed by atoms with E-state index < -0.39 is 70.4 Å². The van der Waals surface area contributed by atoms with Gasteiger partial charge in [0.1, 0.15) is 16.3 Å². The maximum absolute atomic E-state index is 15.0. The normalized spacial score (nSPS) is 21.5. The third-order valence-electron chi connectivity index (χ3n) is 8.61. The van der Waals surface area contributed by atoms with E-state index in [1.54, 1.807) is 25.1 Å². The molecule has 1 N–H and O–H groups in total. The molecule has 5 rings (SSSR count). The highest BCUT2D eigenvalue weighted by atomic mass is 35.5. The molecule has 1 aromatic carbocycles. The SMILES string of the molecule is CCC[C@H]1N(C(=O)c2ncccc2C(F)(F)F)CCC[C@@]1(Oc1csc(C(F)(F)F)c1)C(=O)N1CCc2cc(Cl)ccc2C1CC(=O)O. The largest absolute Gasteiger partial charge is 0.481 e. The molecule has 0 aliphatic carbocycles. The standard InChI is InChI=1S/C32H30ClF6N3O5S/c1-2-5-24-30(47-20-15-25(48-17-20)32(37,38)39,10-4-12-42(24)28(45)27-22(31(34,35)36)6-3-11-40-27)29(46)41-13-9-18-14-19(33)7-8-21(18)23(41)16-26(43)44/h3,6-8,11,14-15,17,23-24H,2,4-5,9-10,12-13,16H2,1H3,(H,43,44)/t23?,24-,30+/m1/s1. The van der Waals surface area contributed by atoms with Crippen LogP contribution >= 0.6 is 22.9 Å². The highest BCUT2D eigenvalue weighted by Crippen LogP contribution is 2.44. The minimum Gasteiger partial charge on any atom is -0.481 e. The van der Waals surface area contributed by atoms with Gasteiger partial charge in [0, 0.05) is 42.2 Å². The van der Waals surface area contributed by atoms with E-state index in [0.29, 0.717) is 40.0 Å². The van der Waals surface area contributed by atoms with Gasteiger partial charge in [-0.05, 0) is 54.7 Å². The van der Waals surface area contributed by atoms with Crippen LogP contribution in [0.5, 0.6) is 5.75 Å². The number of hydrogen-bond acceptors (Lipinski definition) is 6. The van der Waals surface area contributed by atoms with Gasteiger partial charge in [0.2, 0.25) is 5.60 Å². The second-order valence-electron chi connectivity index (χ2n) is 11.6. The number of thiophene rings is 1. The molecule has 4 heterocycles. The number of rotatable bonds is 8. The first kappa shape index (κ1) is 35.5. The maximum atomic E-state index is 15.0. The molecular weight excluding hydrogens is 688 g/mol. The molecule has 0 saturated carbocycles. The van der Waals surface area contributed by atoms with Crippen LogP contribution in [0.25, 0.3) is 0 Å². The minimum absolute atomic E-state index is 0.0159. The van der Waals surface area contributed by atoms with E-state index in [0.717, 1.165) is 28.6 Å². The van der Waals surface area contributed by atoms with Gasteiger partial charge in [-0.1, -0.05) is 31.0 Å². The summed E-state index contributed by atoms with van der Waals surface area (Å²) in [5.74, 6) is -3.46. The summed E-state index contributed by atoms with van der Waals surface area (Å²) in [7, 11) is 0. The van der Waals surface area contributed by atoms with Gasteiger partial charge < -0.3 is 19.6 Å². The number of nitrogens with zero attached hydrogens (tertiary/aromatic N) is 3. The number of piperidine rings is 1. The van der Waals surface area contributed by atoms with E-state index in [1.165, 1.54) is 4.90 Å². The van der Waals surface area contributed by atoms with Crippen LogP contribution in [-0.2, 0) is 28.4 Å². The summed E-state index contributed by atoms with van der Waals surface area (Å²) in [4.78, 5) is 46.2. The van der Waals surface area contributed by atoms with Crippen LogP contribution in [0, 0.1) is 0 Å². The Bertz CT molecular complexity index is 1700. The first-order valence-corrected chi connectivity index (χ1v) is 16.3. The number of halogens is 7. The van der Waals surface area contributed by atoms with Crippen molar-refractivity contribution < 1.29 is 50.6 Å². The lowest BCUT2D eigenvalue weighted by Gasteiger charge is -2.51. The fraction of sp³-hybridized carbons (Fsp3) is 0.438. The molecule has 2 amide bonds. The predicted molar refractivity (Wildman–Crippen MR) is 163 cm³/mol. The highest BCUT2D eigenvalue weighted by molar-refractivity contribution is 7.10. The van der Waals surface area contributed by atoms with E-state index in [9.17, 15) is 45.8 Å². The summed E-state index contributed by atoms with van der Waals surface area (Å²) < 4.78 is 89.1. The van der Waals surface area contributed by atoms with Gasteiger partial charge in [-0.3, -0.25) is 19.4 Å². The molecule has 258 valence electrons. The molecule has 3 aromatic rings. The van der Waals surface area contributed by atoms with E-state index in [-0.39, 0.29) is 44.5 Å². The van der Waals surface area contributed by atoms with Gasteiger partial charge in [0.05, 0.1) is 24.1 Å². The zero-order valence-electron chi connectivity index (χ0n) is 25.4. The maximum Gasteiger partial charge on any atom is 0.425 e. The molecule has 0 bridgehead atoms. The molecule has 8 nitrogen and oxygen atoms in total. The summed E-state index contributed by atoms with van der Waals surface area (Å²) >= 11 is 6.51. The van der Waals surface area contributed by atoms with Crippen LogP contribution in [-0.4, -0.2) is 62.4 Å². The first-order valence-electron chi connectivity index (χ1n) is 15.1. The number of hydrogen-bond donors (Lipinski definition) is 1. The molecule has 16 heteroatoms. The molecule has 1 fully saturated rings. The van der Waals surface area contributed by atoms with E-state index in [1.807, 2.05) is 0 Å². The van der Waals surface area contributed by atoms with Crippen LogP contribution in [0.1, 0.15) is 77.1 Å². The molecular formula is C32H30ClF6N3O5S. The van der Waals surface area contributed by atoms with Crippen molar-refractivity contribution in [3.8, 4) is 5.75 Å². The lowest BCUT2D eigenvalue weighted by Crippen LogP contribution is -2.68. The van der Waals surface area contributed by atoms with Crippen LogP contribution in [0.3, 0.4) is 0 Å².